The maximum atomic E-state index is 11.9. The number of carbonyl (C=O) groups excluding carboxylic acids is 1. The number of amides is 1. The molecule has 1 aromatic rings. The first kappa shape index (κ1) is 16.0. The van der Waals surface area contributed by atoms with E-state index >= 15 is 0 Å². The fourth-order valence-electron chi connectivity index (χ4n) is 1.37. The Bertz CT molecular complexity index is 404. The van der Waals surface area contributed by atoms with Crippen LogP contribution in [0.25, 0.3) is 0 Å². The number of benzene rings is 1. The van der Waals surface area contributed by atoms with E-state index < -0.39 is 5.54 Å². The number of carbonyl (C=O) groups is 1. The third kappa shape index (κ3) is 5.61. The monoisotopic (exact) mass is 329 g/mol. The van der Waals surface area contributed by atoms with Crippen molar-refractivity contribution < 1.29 is 14.6 Å². The van der Waals surface area contributed by atoms with Gasteiger partial charge in [-0.15, -0.1) is 0 Å². The number of ether oxygens (including phenoxy) is 1. The molecule has 0 aliphatic carbocycles. The Morgan fingerprint density at radius 2 is 2.00 bits per heavy atom. The lowest BCUT2D eigenvalue weighted by Gasteiger charge is -2.23. The van der Waals surface area contributed by atoms with Crippen LogP contribution >= 0.6 is 15.9 Å². The van der Waals surface area contributed by atoms with Crippen molar-refractivity contribution in [3.05, 3.63) is 29.8 Å². The fourth-order valence-corrected chi connectivity index (χ4v) is 1.60. The second-order valence-electron chi connectivity index (χ2n) is 4.91. The Kier molecular flexibility index (Phi) is 6.31. The molecule has 0 saturated carbocycles. The Balaban J connectivity index is 2.58. The standard InChI is InChI=1S/C14H20BrNO3/c1-14(2,10-17)16-13(18)11-4-6-12(7-5-11)19-9-3-8-15/h4-7,17H,3,8-10H2,1-2H3,(H,16,18). The predicted octanol–water partition coefficient (Wildman–Crippen LogP) is 2.35. The van der Waals surface area contributed by atoms with Gasteiger partial charge >= 0.3 is 0 Å². The molecule has 0 aliphatic rings. The number of aliphatic hydroxyl groups excluding tert-OH is 1. The molecular weight excluding hydrogens is 310 g/mol. The van der Waals surface area contributed by atoms with Crippen LogP contribution < -0.4 is 10.1 Å². The highest BCUT2D eigenvalue weighted by molar-refractivity contribution is 9.09. The summed E-state index contributed by atoms with van der Waals surface area (Å²) in [7, 11) is 0. The number of aliphatic hydroxyl groups is 1. The second kappa shape index (κ2) is 7.50. The minimum Gasteiger partial charge on any atom is -0.494 e. The van der Waals surface area contributed by atoms with Crippen LogP contribution in [-0.2, 0) is 0 Å². The Labute approximate surface area is 122 Å². The Morgan fingerprint density at radius 1 is 1.37 bits per heavy atom. The summed E-state index contributed by atoms with van der Waals surface area (Å²) in [5, 5.41) is 12.8. The van der Waals surface area contributed by atoms with Crippen molar-refractivity contribution >= 4 is 21.8 Å². The number of hydrogen-bond acceptors (Lipinski definition) is 3. The van der Waals surface area contributed by atoms with Crippen LogP contribution in [0.4, 0.5) is 0 Å². The summed E-state index contributed by atoms with van der Waals surface area (Å²) >= 11 is 3.33. The molecule has 1 aromatic carbocycles. The van der Waals surface area contributed by atoms with Gasteiger partial charge in [-0.1, -0.05) is 15.9 Å². The molecule has 0 saturated heterocycles. The zero-order valence-corrected chi connectivity index (χ0v) is 12.9. The zero-order valence-electron chi connectivity index (χ0n) is 11.3. The van der Waals surface area contributed by atoms with Gasteiger partial charge in [-0.25, -0.2) is 0 Å². The molecule has 19 heavy (non-hydrogen) atoms. The highest BCUT2D eigenvalue weighted by atomic mass is 79.9. The van der Waals surface area contributed by atoms with Crippen LogP contribution in [0, 0.1) is 0 Å². The van der Waals surface area contributed by atoms with E-state index in [1.54, 1.807) is 38.1 Å². The van der Waals surface area contributed by atoms with Gasteiger partial charge in [0, 0.05) is 10.9 Å². The van der Waals surface area contributed by atoms with Gasteiger partial charge < -0.3 is 15.2 Å². The van der Waals surface area contributed by atoms with Crippen LogP contribution in [0.1, 0.15) is 30.6 Å². The first-order valence-corrected chi connectivity index (χ1v) is 7.33. The van der Waals surface area contributed by atoms with Gasteiger partial charge in [0.05, 0.1) is 18.8 Å². The van der Waals surface area contributed by atoms with Gasteiger partial charge in [0.25, 0.3) is 5.91 Å². The van der Waals surface area contributed by atoms with Crippen molar-refractivity contribution in [2.24, 2.45) is 0 Å². The third-order valence-electron chi connectivity index (χ3n) is 2.51. The molecule has 0 atom stereocenters. The molecule has 0 radical (unpaired) electrons. The van der Waals surface area contributed by atoms with E-state index in [0.29, 0.717) is 12.2 Å². The molecule has 0 heterocycles. The molecule has 0 bridgehead atoms. The van der Waals surface area contributed by atoms with Gasteiger partial charge in [-0.05, 0) is 44.5 Å². The van der Waals surface area contributed by atoms with E-state index in [1.165, 1.54) is 0 Å². The summed E-state index contributed by atoms with van der Waals surface area (Å²) in [5.74, 6) is 0.546. The number of nitrogens with one attached hydrogen (secondary N) is 1. The van der Waals surface area contributed by atoms with Crippen molar-refractivity contribution in [1.82, 2.24) is 5.32 Å². The van der Waals surface area contributed by atoms with Crippen molar-refractivity contribution in [2.45, 2.75) is 25.8 Å². The molecule has 106 valence electrons. The van der Waals surface area contributed by atoms with Gasteiger partial charge in [0.2, 0.25) is 0 Å². The van der Waals surface area contributed by atoms with E-state index in [2.05, 4.69) is 21.2 Å². The smallest absolute Gasteiger partial charge is 0.251 e. The normalized spacial score (nSPS) is 11.2. The summed E-state index contributed by atoms with van der Waals surface area (Å²) in [4.78, 5) is 11.9. The molecule has 0 fully saturated rings. The lowest BCUT2D eigenvalue weighted by molar-refractivity contribution is 0.0869. The molecule has 0 aliphatic heterocycles. The van der Waals surface area contributed by atoms with Gasteiger partial charge in [-0.3, -0.25) is 4.79 Å². The molecule has 0 unspecified atom stereocenters. The van der Waals surface area contributed by atoms with Crippen LogP contribution in [0.3, 0.4) is 0 Å². The SMILES string of the molecule is CC(C)(CO)NC(=O)c1ccc(OCCCBr)cc1. The van der Waals surface area contributed by atoms with Crippen molar-refractivity contribution in [2.75, 3.05) is 18.5 Å². The lowest BCUT2D eigenvalue weighted by atomic mass is 10.1. The Hall–Kier alpha value is -1.07. The van der Waals surface area contributed by atoms with E-state index in [9.17, 15) is 4.79 Å². The third-order valence-corrected chi connectivity index (χ3v) is 3.07. The van der Waals surface area contributed by atoms with Gasteiger partial charge in [0.15, 0.2) is 0 Å². The second-order valence-corrected chi connectivity index (χ2v) is 5.70. The zero-order chi connectivity index (χ0) is 14.3. The molecule has 1 rings (SSSR count). The first-order valence-electron chi connectivity index (χ1n) is 6.21. The van der Waals surface area contributed by atoms with E-state index in [-0.39, 0.29) is 12.5 Å². The summed E-state index contributed by atoms with van der Waals surface area (Å²) in [6, 6.07) is 6.97. The van der Waals surface area contributed by atoms with Crippen molar-refractivity contribution in [3.8, 4) is 5.75 Å². The highest BCUT2D eigenvalue weighted by Crippen LogP contribution is 2.13. The largest absolute Gasteiger partial charge is 0.494 e. The van der Waals surface area contributed by atoms with E-state index in [4.69, 9.17) is 9.84 Å². The summed E-state index contributed by atoms with van der Waals surface area (Å²) in [6.07, 6.45) is 0.937. The van der Waals surface area contributed by atoms with Crippen LogP contribution in [-0.4, -0.2) is 35.1 Å². The maximum absolute atomic E-state index is 11.9. The number of alkyl halides is 1. The Morgan fingerprint density at radius 3 is 2.53 bits per heavy atom. The molecule has 5 heteroatoms. The molecular formula is C14H20BrNO3. The molecule has 1 amide bonds. The molecule has 4 nitrogen and oxygen atoms in total. The average Bonchev–Trinajstić information content (AvgIpc) is 2.39. The van der Waals surface area contributed by atoms with Crippen LogP contribution in [0.5, 0.6) is 5.75 Å². The highest BCUT2D eigenvalue weighted by Gasteiger charge is 2.19. The van der Waals surface area contributed by atoms with Gasteiger partial charge in [0.1, 0.15) is 5.75 Å². The van der Waals surface area contributed by atoms with Crippen LogP contribution in [0.2, 0.25) is 0 Å². The summed E-state index contributed by atoms with van der Waals surface area (Å²) in [5.41, 5.74) is -0.0725. The minimum absolute atomic E-state index is 0.105. The fraction of sp³-hybridized carbons (Fsp3) is 0.500. The van der Waals surface area contributed by atoms with E-state index in [1.807, 2.05) is 0 Å². The lowest BCUT2D eigenvalue weighted by Crippen LogP contribution is -2.46. The molecule has 0 spiro atoms. The molecule has 0 aromatic heterocycles. The topological polar surface area (TPSA) is 58.6 Å². The number of halogens is 1. The minimum atomic E-state index is -0.623. The molecule has 2 N–H and O–H groups in total. The van der Waals surface area contributed by atoms with Gasteiger partial charge in [-0.2, -0.15) is 0 Å². The van der Waals surface area contributed by atoms with Crippen LogP contribution in [0.15, 0.2) is 24.3 Å². The quantitative estimate of drug-likeness (QED) is 0.596. The predicted molar refractivity (Wildman–Crippen MR) is 79.0 cm³/mol. The number of rotatable bonds is 7. The number of hydrogen-bond donors (Lipinski definition) is 2. The first-order chi connectivity index (χ1) is 8.98. The summed E-state index contributed by atoms with van der Waals surface area (Å²) in [6.45, 7) is 4.08. The summed E-state index contributed by atoms with van der Waals surface area (Å²) < 4.78 is 5.50. The van der Waals surface area contributed by atoms with E-state index in [0.717, 1.165) is 17.5 Å². The maximum Gasteiger partial charge on any atom is 0.251 e. The average molecular weight is 330 g/mol. The van der Waals surface area contributed by atoms with Crippen molar-refractivity contribution in [3.63, 3.8) is 0 Å². The van der Waals surface area contributed by atoms with Crippen molar-refractivity contribution in [1.29, 1.82) is 0 Å².